The Bertz CT molecular complexity index is 884. The number of halogens is 3. The van der Waals surface area contributed by atoms with Crippen LogP contribution in [-0.4, -0.2) is 51.2 Å². The summed E-state index contributed by atoms with van der Waals surface area (Å²) in [4.78, 5) is 16.5. The van der Waals surface area contributed by atoms with Crippen LogP contribution in [0.5, 0.6) is 0 Å². The van der Waals surface area contributed by atoms with Crippen LogP contribution < -0.4 is 4.90 Å². The number of likely N-dealkylation sites (N-methyl/N-ethyl adjacent to an activating group) is 1. The summed E-state index contributed by atoms with van der Waals surface area (Å²) in [7, 11) is 3.97. The van der Waals surface area contributed by atoms with E-state index in [1.807, 2.05) is 30.3 Å². The minimum atomic E-state index is 0.194. The molecule has 1 fully saturated rings. The minimum absolute atomic E-state index is 0.194. The second-order valence-electron chi connectivity index (χ2n) is 6.90. The SMILES string of the molecule is CN1c2c(Cl)c(Cl)cc(-c3ccn(C)n3)c2C2CN(C(=O)CI)CC[C@H]21. The molecular weight excluding hydrogens is 486 g/mol. The molecule has 2 aliphatic heterocycles. The molecule has 5 nitrogen and oxygen atoms in total. The molecule has 0 saturated carbocycles. The van der Waals surface area contributed by atoms with Crippen molar-refractivity contribution in [3.05, 3.63) is 33.9 Å². The standard InChI is InChI=1S/C18H19Cl2IN4O/c1-23-5-3-13(22-23)10-7-12(19)17(20)18-16(10)11-9-25(15(26)8-21)6-4-14(11)24(18)2/h3,5,7,11,14H,4,6,8-9H2,1-2H3/t11?,14-/m1/s1. The maximum absolute atomic E-state index is 12.3. The van der Waals surface area contributed by atoms with E-state index in [1.165, 1.54) is 0 Å². The molecule has 4 rings (SSSR count). The number of likely N-dealkylation sites (tertiary alicyclic amines) is 1. The maximum Gasteiger partial charge on any atom is 0.232 e. The number of nitrogens with zero attached hydrogens (tertiary/aromatic N) is 4. The normalized spacial score (nSPS) is 21.7. The zero-order valence-electron chi connectivity index (χ0n) is 14.5. The molecular formula is C18H19Cl2IN4O. The Hall–Kier alpha value is -0.990. The predicted octanol–water partition coefficient (Wildman–Crippen LogP) is 3.96. The number of carbonyl (C=O) groups excluding carboxylic acids is 1. The van der Waals surface area contributed by atoms with Crippen molar-refractivity contribution in [2.75, 3.05) is 29.5 Å². The van der Waals surface area contributed by atoms with Crippen molar-refractivity contribution in [2.24, 2.45) is 7.05 Å². The van der Waals surface area contributed by atoms with E-state index in [2.05, 4.69) is 39.6 Å². The third-order valence-corrected chi connectivity index (χ3v) is 6.92. The fourth-order valence-corrected chi connectivity index (χ4v) is 5.25. The molecule has 0 spiro atoms. The number of aryl methyl sites for hydroxylation is 1. The lowest BCUT2D eigenvalue weighted by Crippen LogP contribution is -2.47. The highest BCUT2D eigenvalue weighted by atomic mass is 127. The van der Waals surface area contributed by atoms with Crippen molar-refractivity contribution in [3.8, 4) is 11.3 Å². The summed E-state index contributed by atoms with van der Waals surface area (Å²) in [5.74, 6) is 0.405. The number of hydrogen-bond donors (Lipinski definition) is 0. The molecule has 0 bridgehead atoms. The van der Waals surface area contributed by atoms with Gasteiger partial charge in [0.05, 0.1) is 25.9 Å². The summed E-state index contributed by atoms with van der Waals surface area (Å²) in [6.45, 7) is 1.49. The van der Waals surface area contributed by atoms with Gasteiger partial charge in [-0.2, -0.15) is 5.10 Å². The Morgan fingerprint density at radius 1 is 1.38 bits per heavy atom. The molecule has 8 heteroatoms. The molecule has 0 N–H and O–H groups in total. The van der Waals surface area contributed by atoms with Crippen molar-refractivity contribution >= 4 is 57.4 Å². The number of alkyl halides is 1. The summed E-state index contributed by atoms with van der Waals surface area (Å²) >= 11 is 15.2. The fraction of sp³-hybridized carbons (Fsp3) is 0.444. The maximum atomic E-state index is 12.3. The molecule has 0 aliphatic carbocycles. The topological polar surface area (TPSA) is 41.4 Å². The third kappa shape index (κ3) is 2.81. The van der Waals surface area contributed by atoms with Crippen LogP contribution in [0, 0.1) is 0 Å². The monoisotopic (exact) mass is 504 g/mol. The molecule has 1 aromatic carbocycles. The molecule has 26 heavy (non-hydrogen) atoms. The van der Waals surface area contributed by atoms with E-state index in [1.54, 1.807) is 4.68 Å². The van der Waals surface area contributed by atoms with Gasteiger partial charge in [-0.05, 0) is 24.1 Å². The number of hydrogen-bond acceptors (Lipinski definition) is 3. The van der Waals surface area contributed by atoms with Gasteiger partial charge in [-0.3, -0.25) is 9.48 Å². The van der Waals surface area contributed by atoms with E-state index in [0.717, 1.165) is 35.5 Å². The van der Waals surface area contributed by atoms with Crippen LogP contribution in [0.4, 0.5) is 5.69 Å². The third-order valence-electron chi connectivity index (χ3n) is 5.49. The Kier molecular flexibility index (Phi) is 4.86. The van der Waals surface area contributed by atoms with Gasteiger partial charge in [-0.15, -0.1) is 0 Å². The first-order valence-electron chi connectivity index (χ1n) is 8.50. The number of piperidine rings is 1. The molecule has 2 aliphatic rings. The fourth-order valence-electron chi connectivity index (χ4n) is 4.28. The van der Waals surface area contributed by atoms with Gasteiger partial charge in [-0.1, -0.05) is 45.8 Å². The summed E-state index contributed by atoms with van der Waals surface area (Å²) in [5.41, 5.74) is 4.04. The van der Waals surface area contributed by atoms with Gasteiger partial charge in [0, 0.05) is 50.9 Å². The van der Waals surface area contributed by atoms with E-state index >= 15 is 0 Å². The first-order chi connectivity index (χ1) is 12.4. The number of benzene rings is 1. The summed E-state index contributed by atoms with van der Waals surface area (Å²) in [6, 6.07) is 4.23. The number of carbonyl (C=O) groups is 1. The summed E-state index contributed by atoms with van der Waals surface area (Å²) in [6.07, 6.45) is 2.85. The van der Waals surface area contributed by atoms with Crippen LogP contribution in [-0.2, 0) is 11.8 Å². The van der Waals surface area contributed by atoms with E-state index in [9.17, 15) is 4.79 Å². The van der Waals surface area contributed by atoms with Crippen LogP contribution in [0.3, 0.4) is 0 Å². The van der Waals surface area contributed by atoms with Gasteiger partial charge >= 0.3 is 0 Å². The molecule has 138 valence electrons. The van der Waals surface area contributed by atoms with Crippen molar-refractivity contribution in [3.63, 3.8) is 0 Å². The lowest BCUT2D eigenvalue weighted by Gasteiger charge is -2.37. The summed E-state index contributed by atoms with van der Waals surface area (Å²) < 4.78 is 2.29. The Morgan fingerprint density at radius 2 is 2.15 bits per heavy atom. The van der Waals surface area contributed by atoms with E-state index < -0.39 is 0 Å². The van der Waals surface area contributed by atoms with E-state index in [-0.39, 0.29) is 11.8 Å². The van der Waals surface area contributed by atoms with Crippen LogP contribution in [0.1, 0.15) is 17.9 Å². The van der Waals surface area contributed by atoms with Gasteiger partial charge in [0.15, 0.2) is 0 Å². The van der Waals surface area contributed by atoms with Crippen molar-refractivity contribution in [2.45, 2.75) is 18.4 Å². The summed E-state index contributed by atoms with van der Waals surface area (Å²) in [5, 5.41) is 5.70. The molecule has 0 radical (unpaired) electrons. The second-order valence-corrected chi connectivity index (χ2v) is 8.45. The number of anilines is 1. The smallest absolute Gasteiger partial charge is 0.232 e. The Morgan fingerprint density at radius 3 is 2.81 bits per heavy atom. The van der Waals surface area contributed by atoms with Gasteiger partial charge in [-0.25, -0.2) is 0 Å². The van der Waals surface area contributed by atoms with Crippen molar-refractivity contribution < 1.29 is 4.79 Å². The highest BCUT2D eigenvalue weighted by Gasteiger charge is 2.44. The van der Waals surface area contributed by atoms with Crippen LogP contribution in [0.2, 0.25) is 10.0 Å². The predicted molar refractivity (Wildman–Crippen MR) is 114 cm³/mol. The second kappa shape index (κ2) is 6.87. The molecule has 2 aromatic rings. The zero-order chi connectivity index (χ0) is 18.6. The molecule has 1 amide bonds. The lowest BCUT2D eigenvalue weighted by atomic mass is 9.86. The van der Waals surface area contributed by atoms with E-state index in [4.69, 9.17) is 23.2 Å². The Labute approximate surface area is 176 Å². The van der Waals surface area contributed by atoms with Crippen LogP contribution in [0.15, 0.2) is 18.3 Å². The first-order valence-corrected chi connectivity index (χ1v) is 10.8. The van der Waals surface area contributed by atoms with Gasteiger partial charge < -0.3 is 9.80 Å². The molecule has 1 aromatic heterocycles. The minimum Gasteiger partial charge on any atom is -0.369 e. The largest absolute Gasteiger partial charge is 0.369 e. The Balaban J connectivity index is 1.87. The lowest BCUT2D eigenvalue weighted by molar-refractivity contribution is -0.129. The van der Waals surface area contributed by atoms with Crippen molar-refractivity contribution in [1.29, 1.82) is 0 Å². The van der Waals surface area contributed by atoms with Gasteiger partial charge in [0.25, 0.3) is 0 Å². The van der Waals surface area contributed by atoms with Gasteiger partial charge in [0.2, 0.25) is 5.91 Å². The van der Waals surface area contributed by atoms with Crippen molar-refractivity contribution in [1.82, 2.24) is 14.7 Å². The average Bonchev–Trinajstić information content (AvgIpc) is 3.19. The van der Waals surface area contributed by atoms with Crippen LogP contribution >= 0.6 is 45.8 Å². The quantitative estimate of drug-likeness (QED) is 0.459. The van der Waals surface area contributed by atoms with E-state index in [0.29, 0.717) is 27.1 Å². The van der Waals surface area contributed by atoms with Gasteiger partial charge in [0.1, 0.15) is 0 Å². The molecule has 1 saturated heterocycles. The highest BCUT2D eigenvalue weighted by Crippen LogP contribution is 2.53. The number of fused-ring (bicyclic) bond motifs is 3. The zero-order valence-corrected chi connectivity index (χ0v) is 18.2. The molecule has 3 heterocycles. The number of rotatable bonds is 2. The molecule has 1 unspecified atom stereocenters. The first kappa shape index (κ1) is 18.4. The average molecular weight is 505 g/mol. The van der Waals surface area contributed by atoms with Crippen LogP contribution in [0.25, 0.3) is 11.3 Å². The highest BCUT2D eigenvalue weighted by molar-refractivity contribution is 14.1. The molecule has 2 atom stereocenters. The number of aromatic nitrogens is 2. The number of amides is 1.